The van der Waals surface area contributed by atoms with Gasteiger partial charge in [-0.1, -0.05) is 6.42 Å². The molecule has 3 aromatic rings. The minimum Gasteiger partial charge on any atom is -0.391 e. The smallest absolute Gasteiger partial charge is 0.223 e. The molecule has 4 heterocycles. The number of β-amino-alcohol motifs (C(OH)–C–C–N with tert-alkyl or cyclic N) is 1. The third-order valence-corrected chi connectivity index (χ3v) is 5.97. The Balaban J connectivity index is 1.36. The Morgan fingerprint density at radius 2 is 2.07 bits per heavy atom. The second-order valence-corrected chi connectivity index (χ2v) is 7.78. The first kappa shape index (κ1) is 17.5. The molecule has 3 aromatic heterocycles. The van der Waals surface area contributed by atoms with Crippen LogP contribution in [0.2, 0.25) is 0 Å². The van der Waals surface area contributed by atoms with Crippen molar-refractivity contribution < 1.29 is 5.11 Å². The van der Waals surface area contributed by atoms with E-state index in [1.54, 1.807) is 6.20 Å². The Kier molecular flexibility index (Phi) is 4.66. The van der Waals surface area contributed by atoms with Gasteiger partial charge in [-0.05, 0) is 43.9 Å². The maximum absolute atomic E-state index is 10.1. The average Bonchev–Trinajstić information content (AvgIpc) is 3.09. The Hall–Kier alpha value is -2.58. The highest BCUT2D eigenvalue weighted by molar-refractivity contribution is 5.60. The van der Waals surface area contributed by atoms with Gasteiger partial charge in [0, 0.05) is 37.0 Å². The van der Waals surface area contributed by atoms with E-state index >= 15 is 0 Å². The molecule has 3 N–H and O–H groups in total. The van der Waals surface area contributed by atoms with Crippen molar-refractivity contribution in [1.29, 1.82) is 0 Å². The zero-order valence-corrected chi connectivity index (χ0v) is 15.8. The molecule has 8 nitrogen and oxygen atoms in total. The molecular formula is C20H25N7O. The van der Waals surface area contributed by atoms with Crippen LogP contribution < -0.4 is 10.6 Å². The summed E-state index contributed by atoms with van der Waals surface area (Å²) in [6.07, 6.45) is 9.98. The number of anilines is 1. The number of piperidine rings is 1. The lowest BCUT2D eigenvalue weighted by molar-refractivity contribution is 0.0883. The van der Waals surface area contributed by atoms with Gasteiger partial charge in [-0.2, -0.15) is 5.10 Å². The van der Waals surface area contributed by atoms with E-state index in [4.69, 9.17) is 4.98 Å². The number of hydrogen-bond acceptors (Lipinski definition) is 7. The first-order valence-corrected chi connectivity index (χ1v) is 10.1. The normalized spacial score (nSPS) is 22.9. The van der Waals surface area contributed by atoms with Crippen molar-refractivity contribution >= 4 is 11.6 Å². The number of rotatable bonds is 5. The molecular weight excluding hydrogens is 354 g/mol. The minimum atomic E-state index is -0.333. The Morgan fingerprint density at radius 3 is 2.89 bits per heavy atom. The van der Waals surface area contributed by atoms with E-state index in [0.717, 1.165) is 30.0 Å². The molecule has 28 heavy (non-hydrogen) atoms. The van der Waals surface area contributed by atoms with Gasteiger partial charge in [0.05, 0.1) is 23.7 Å². The van der Waals surface area contributed by atoms with Crippen LogP contribution in [0.15, 0.2) is 30.7 Å². The fraction of sp³-hybridized carbons (Fsp3) is 0.500. The van der Waals surface area contributed by atoms with Crippen LogP contribution in [0.5, 0.6) is 0 Å². The van der Waals surface area contributed by atoms with Crippen LogP contribution in [0, 0.1) is 5.92 Å². The molecule has 146 valence electrons. The summed E-state index contributed by atoms with van der Waals surface area (Å²) in [5.41, 5.74) is 3.76. The summed E-state index contributed by atoms with van der Waals surface area (Å²) < 4.78 is 1.84. The van der Waals surface area contributed by atoms with Crippen molar-refractivity contribution in [3.05, 3.63) is 36.3 Å². The molecule has 0 radical (unpaired) electrons. The number of hydrogen-bond donors (Lipinski definition) is 3. The molecule has 0 bridgehead atoms. The van der Waals surface area contributed by atoms with Crippen LogP contribution in [0.4, 0.5) is 5.95 Å². The molecule has 2 aliphatic rings. The second-order valence-electron chi connectivity index (χ2n) is 7.78. The molecule has 0 aromatic carbocycles. The zero-order valence-electron chi connectivity index (χ0n) is 15.8. The monoisotopic (exact) mass is 379 g/mol. The molecule has 2 atom stereocenters. The van der Waals surface area contributed by atoms with Crippen molar-refractivity contribution in [1.82, 2.24) is 29.9 Å². The van der Waals surface area contributed by atoms with Gasteiger partial charge < -0.3 is 15.7 Å². The molecule has 1 aliphatic heterocycles. The highest BCUT2D eigenvalue weighted by atomic mass is 16.3. The standard InChI is InChI=1S/C20H25N7O/c28-18-12-21-7-4-14(18)10-23-20-22-8-5-16(26-20)17-6-9-27-19(25-17)15(11-24-27)13-2-1-3-13/h5-6,8-9,11,13-14,18,21,28H,1-4,7,10,12H2,(H,22,23,26). The van der Waals surface area contributed by atoms with Crippen molar-refractivity contribution in [2.75, 3.05) is 25.0 Å². The lowest BCUT2D eigenvalue weighted by Crippen LogP contribution is -2.43. The minimum absolute atomic E-state index is 0.208. The molecule has 8 heteroatoms. The quantitative estimate of drug-likeness (QED) is 0.622. The molecule has 1 saturated carbocycles. The van der Waals surface area contributed by atoms with E-state index in [2.05, 4.69) is 25.7 Å². The van der Waals surface area contributed by atoms with Crippen molar-refractivity contribution in [2.24, 2.45) is 5.92 Å². The number of aliphatic hydroxyl groups excluding tert-OH is 1. The molecule has 1 aliphatic carbocycles. The number of aliphatic hydroxyl groups is 1. The first-order valence-electron chi connectivity index (χ1n) is 10.1. The van der Waals surface area contributed by atoms with Gasteiger partial charge in [0.2, 0.25) is 5.95 Å². The van der Waals surface area contributed by atoms with Gasteiger partial charge >= 0.3 is 0 Å². The first-order chi connectivity index (χ1) is 13.8. The average molecular weight is 379 g/mol. The lowest BCUT2D eigenvalue weighted by Gasteiger charge is -2.28. The number of nitrogens with one attached hydrogen (secondary N) is 2. The van der Waals surface area contributed by atoms with Gasteiger partial charge in [-0.15, -0.1) is 0 Å². The fourth-order valence-electron chi connectivity index (χ4n) is 3.98. The molecule has 0 spiro atoms. The van der Waals surface area contributed by atoms with Crippen LogP contribution in [0.1, 0.15) is 37.2 Å². The van der Waals surface area contributed by atoms with Crippen LogP contribution in [-0.4, -0.2) is 55.4 Å². The van der Waals surface area contributed by atoms with E-state index in [9.17, 15) is 5.11 Å². The second kappa shape index (κ2) is 7.44. The zero-order chi connectivity index (χ0) is 18.9. The van der Waals surface area contributed by atoms with Gasteiger partial charge in [-0.3, -0.25) is 0 Å². The molecule has 5 rings (SSSR count). The van der Waals surface area contributed by atoms with E-state index in [1.807, 2.05) is 29.0 Å². The van der Waals surface area contributed by atoms with Gasteiger partial charge in [0.15, 0.2) is 5.65 Å². The maximum atomic E-state index is 10.1. The predicted molar refractivity (Wildman–Crippen MR) is 106 cm³/mol. The highest BCUT2D eigenvalue weighted by Gasteiger charge is 2.24. The summed E-state index contributed by atoms with van der Waals surface area (Å²) in [6.45, 7) is 2.24. The summed E-state index contributed by atoms with van der Waals surface area (Å²) in [5, 5.41) is 21.0. The van der Waals surface area contributed by atoms with Gasteiger partial charge in [0.25, 0.3) is 0 Å². The molecule has 2 unspecified atom stereocenters. The topological polar surface area (TPSA) is 100 Å². The van der Waals surface area contributed by atoms with Crippen LogP contribution in [-0.2, 0) is 0 Å². The summed E-state index contributed by atoms with van der Waals surface area (Å²) in [7, 11) is 0. The van der Waals surface area contributed by atoms with Gasteiger partial charge in [0.1, 0.15) is 0 Å². The SMILES string of the molecule is OC1CNCCC1CNc1nccc(-c2ccn3ncc(C4CCC4)c3n2)n1. The van der Waals surface area contributed by atoms with Crippen molar-refractivity contribution in [3.8, 4) is 11.4 Å². The molecule has 0 amide bonds. The van der Waals surface area contributed by atoms with E-state index < -0.39 is 0 Å². The van der Waals surface area contributed by atoms with E-state index in [-0.39, 0.29) is 12.0 Å². The lowest BCUT2D eigenvalue weighted by atomic mass is 9.81. The van der Waals surface area contributed by atoms with Crippen LogP contribution >= 0.6 is 0 Å². The van der Waals surface area contributed by atoms with Crippen LogP contribution in [0.25, 0.3) is 17.0 Å². The van der Waals surface area contributed by atoms with Crippen molar-refractivity contribution in [3.63, 3.8) is 0 Å². The third-order valence-electron chi connectivity index (χ3n) is 5.97. The fourth-order valence-corrected chi connectivity index (χ4v) is 3.98. The summed E-state index contributed by atoms with van der Waals surface area (Å²) in [4.78, 5) is 13.8. The van der Waals surface area contributed by atoms with E-state index in [1.165, 1.54) is 24.8 Å². The summed E-state index contributed by atoms with van der Waals surface area (Å²) in [6, 6.07) is 3.82. The molecule has 2 fully saturated rings. The number of fused-ring (bicyclic) bond motifs is 1. The number of aromatic nitrogens is 5. The van der Waals surface area contributed by atoms with Crippen LogP contribution in [0.3, 0.4) is 0 Å². The third kappa shape index (κ3) is 3.33. The number of nitrogens with zero attached hydrogens (tertiary/aromatic N) is 5. The highest BCUT2D eigenvalue weighted by Crippen LogP contribution is 2.38. The Bertz CT molecular complexity index is 968. The Labute approximate surface area is 163 Å². The van der Waals surface area contributed by atoms with Crippen molar-refractivity contribution in [2.45, 2.75) is 37.7 Å². The van der Waals surface area contributed by atoms with Gasteiger partial charge in [-0.25, -0.2) is 19.5 Å². The summed E-state index contributed by atoms with van der Waals surface area (Å²) in [5.74, 6) is 1.36. The largest absolute Gasteiger partial charge is 0.391 e. The molecule has 1 saturated heterocycles. The van der Waals surface area contributed by atoms with E-state index in [0.29, 0.717) is 25.0 Å². The Morgan fingerprint density at radius 1 is 1.18 bits per heavy atom. The predicted octanol–water partition coefficient (Wildman–Crippen LogP) is 1.84. The maximum Gasteiger partial charge on any atom is 0.223 e. The summed E-state index contributed by atoms with van der Waals surface area (Å²) >= 11 is 0.